The highest BCUT2D eigenvalue weighted by Gasteiger charge is 2.18. The minimum Gasteiger partial charge on any atom is -0.352 e. The van der Waals surface area contributed by atoms with Crippen molar-refractivity contribution < 1.29 is 9.32 Å². The average molecular weight is 281 g/mol. The lowest BCUT2D eigenvalue weighted by Gasteiger charge is -2.06. The van der Waals surface area contributed by atoms with E-state index in [1.807, 2.05) is 37.3 Å². The highest BCUT2D eigenvalue weighted by atomic mass is 16.5. The Balaban J connectivity index is 2.23. The molecule has 0 fully saturated rings. The largest absolute Gasteiger partial charge is 0.352 e. The lowest BCUT2D eigenvalue weighted by molar-refractivity contribution is 0.0957. The summed E-state index contributed by atoms with van der Waals surface area (Å²) in [5, 5.41) is 7.40. The van der Waals surface area contributed by atoms with Crippen molar-refractivity contribution in [2.24, 2.45) is 0 Å². The molecule has 1 N–H and O–H groups in total. The van der Waals surface area contributed by atoms with Crippen LogP contribution in [0.5, 0.6) is 0 Å². The minimum atomic E-state index is -0.145. The van der Waals surface area contributed by atoms with Crippen molar-refractivity contribution in [2.45, 2.75) is 13.8 Å². The van der Waals surface area contributed by atoms with Crippen LogP contribution in [0, 0.1) is 6.92 Å². The lowest BCUT2D eigenvalue weighted by atomic mass is 10.1. The van der Waals surface area contributed by atoms with Gasteiger partial charge >= 0.3 is 0 Å². The molecule has 0 atom stereocenters. The first kappa shape index (κ1) is 13.3. The van der Waals surface area contributed by atoms with Gasteiger partial charge in [0.2, 0.25) is 0 Å². The SMILES string of the molecule is CCNC(=O)c1cc(-c2ccccc2)nc2onc(C)c12. The van der Waals surface area contributed by atoms with Gasteiger partial charge in [0.25, 0.3) is 11.6 Å². The van der Waals surface area contributed by atoms with Crippen LogP contribution in [0.25, 0.3) is 22.4 Å². The van der Waals surface area contributed by atoms with Gasteiger partial charge in [0.1, 0.15) is 0 Å². The highest BCUT2D eigenvalue weighted by Crippen LogP contribution is 2.26. The quantitative estimate of drug-likeness (QED) is 0.801. The molecule has 0 aliphatic rings. The molecule has 0 bridgehead atoms. The number of benzene rings is 1. The van der Waals surface area contributed by atoms with Crippen molar-refractivity contribution in [2.75, 3.05) is 6.54 Å². The van der Waals surface area contributed by atoms with Gasteiger partial charge in [-0.15, -0.1) is 0 Å². The zero-order valence-electron chi connectivity index (χ0n) is 11.9. The van der Waals surface area contributed by atoms with Crippen LogP contribution in [0.4, 0.5) is 0 Å². The van der Waals surface area contributed by atoms with Crippen LogP contribution in [0.15, 0.2) is 40.9 Å². The summed E-state index contributed by atoms with van der Waals surface area (Å²) in [4.78, 5) is 16.7. The first-order chi connectivity index (χ1) is 10.2. The fraction of sp³-hybridized carbons (Fsp3) is 0.188. The van der Waals surface area contributed by atoms with Crippen molar-refractivity contribution in [1.29, 1.82) is 0 Å². The van der Waals surface area contributed by atoms with E-state index in [1.165, 1.54) is 0 Å². The molecule has 3 rings (SSSR count). The Morgan fingerprint density at radius 1 is 1.29 bits per heavy atom. The van der Waals surface area contributed by atoms with Crippen LogP contribution in [-0.4, -0.2) is 22.6 Å². The number of rotatable bonds is 3. The van der Waals surface area contributed by atoms with Crippen LogP contribution in [-0.2, 0) is 0 Å². The third-order valence-corrected chi connectivity index (χ3v) is 3.27. The zero-order valence-corrected chi connectivity index (χ0v) is 11.9. The molecule has 0 saturated carbocycles. The third-order valence-electron chi connectivity index (χ3n) is 3.27. The molecule has 106 valence electrons. The summed E-state index contributed by atoms with van der Waals surface area (Å²) in [5.41, 5.74) is 3.22. The maximum absolute atomic E-state index is 12.3. The molecular weight excluding hydrogens is 266 g/mol. The second-order valence-electron chi connectivity index (χ2n) is 4.73. The molecule has 5 nitrogen and oxygen atoms in total. The van der Waals surface area contributed by atoms with E-state index in [9.17, 15) is 4.79 Å². The fourth-order valence-corrected chi connectivity index (χ4v) is 2.29. The molecule has 1 amide bonds. The Bertz CT molecular complexity index is 794. The summed E-state index contributed by atoms with van der Waals surface area (Å²) in [5.74, 6) is -0.145. The highest BCUT2D eigenvalue weighted by molar-refractivity contribution is 6.06. The molecule has 5 heteroatoms. The molecule has 2 heterocycles. The van der Waals surface area contributed by atoms with Gasteiger partial charge in [-0.1, -0.05) is 35.5 Å². The van der Waals surface area contributed by atoms with Gasteiger partial charge in [0.05, 0.1) is 22.3 Å². The van der Waals surface area contributed by atoms with Crippen molar-refractivity contribution in [3.05, 3.63) is 47.7 Å². The molecule has 0 unspecified atom stereocenters. The first-order valence-corrected chi connectivity index (χ1v) is 6.81. The lowest BCUT2D eigenvalue weighted by Crippen LogP contribution is -2.23. The summed E-state index contributed by atoms with van der Waals surface area (Å²) in [6, 6.07) is 11.5. The molecule has 0 aliphatic heterocycles. The second-order valence-corrected chi connectivity index (χ2v) is 4.73. The van der Waals surface area contributed by atoms with Crippen molar-refractivity contribution >= 4 is 17.0 Å². The number of hydrogen-bond donors (Lipinski definition) is 1. The Labute approximate surface area is 122 Å². The monoisotopic (exact) mass is 281 g/mol. The number of nitrogens with one attached hydrogen (secondary N) is 1. The van der Waals surface area contributed by atoms with E-state index in [0.29, 0.717) is 34.6 Å². The van der Waals surface area contributed by atoms with E-state index in [2.05, 4.69) is 15.5 Å². The summed E-state index contributed by atoms with van der Waals surface area (Å²) in [6.45, 7) is 4.25. The van der Waals surface area contributed by atoms with Gasteiger partial charge in [0.15, 0.2) is 0 Å². The van der Waals surface area contributed by atoms with E-state index in [0.717, 1.165) is 5.56 Å². The van der Waals surface area contributed by atoms with Crippen LogP contribution < -0.4 is 5.32 Å². The number of fused-ring (bicyclic) bond motifs is 1. The Morgan fingerprint density at radius 2 is 2.05 bits per heavy atom. The Hall–Kier alpha value is -2.69. The molecule has 1 aromatic carbocycles. The number of amides is 1. The van der Waals surface area contributed by atoms with Gasteiger partial charge in [0, 0.05) is 12.1 Å². The van der Waals surface area contributed by atoms with Crippen LogP contribution >= 0.6 is 0 Å². The number of pyridine rings is 1. The van der Waals surface area contributed by atoms with E-state index in [4.69, 9.17) is 4.52 Å². The standard InChI is InChI=1S/C16H15N3O2/c1-3-17-15(20)12-9-13(11-7-5-4-6-8-11)18-16-14(12)10(2)19-21-16/h4-9H,3H2,1-2H3,(H,17,20). The molecule has 0 aliphatic carbocycles. The third kappa shape index (κ3) is 2.38. The molecule has 0 spiro atoms. The number of carbonyl (C=O) groups excluding carboxylic acids is 1. The van der Waals surface area contributed by atoms with Crippen LogP contribution in [0.3, 0.4) is 0 Å². The molecule has 21 heavy (non-hydrogen) atoms. The predicted octanol–water partition coefficient (Wildman–Crippen LogP) is 2.95. The number of hydrogen-bond acceptors (Lipinski definition) is 4. The Morgan fingerprint density at radius 3 is 2.76 bits per heavy atom. The van der Waals surface area contributed by atoms with Gasteiger partial charge in [-0.2, -0.15) is 0 Å². The van der Waals surface area contributed by atoms with E-state index >= 15 is 0 Å². The zero-order chi connectivity index (χ0) is 14.8. The molecule has 3 aromatic rings. The number of carbonyl (C=O) groups is 1. The van der Waals surface area contributed by atoms with E-state index in [-0.39, 0.29) is 5.91 Å². The van der Waals surface area contributed by atoms with Crippen molar-refractivity contribution in [1.82, 2.24) is 15.5 Å². The van der Waals surface area contributed by atoms with Gasteiger partial charge in [-0.05, 0) is 19.9 Å². The molecule has 0 radical (unpaired) electrons. The smallest absolute Gasteiger partial charge is 0.259 e. The summed E-state index contributed by atoms with van der Waals surface area (Å²) < 4.78 is 5.24. The topological polar surface area (TPSA) is 68.0 Å². The summed E-state index contributed by atoms with van der Waals surface area (Å²) in [6.07, 6.45) is 0. The molecule has 0 saturated heterocycles. The number of aryl methyl sites for hydroxylation is 1. The number of aromatic nitrogens is 2. The molecular formula is C16H15N3O2. The Kier molecular flexibility index (Phi) is 3.39. The molecule has 2 aromatic heterocycles. The predicted molar refractivity (Wildman–Crippen MR) is 80.0 cm³/mol. The summed E-state index contributed by atoms with van der Waals surface area (Å²) in [7, 11) is 0. The van der Waals surface area contributed by atoms with Gasteiger partial charge in [-0.3, -0.25) is 4.79 Å². The van der Waals surface area contributed by atoms with Crippen LogP contribution in [0.1, 0.15) is 23.0 Å². The van der Waals surface area contributed by atoms with Crippen molar-refractivity contribution in [3.8, 4) is 11.3 Å². The van der Waals surface area contributed by atoms with Crippen LogP contribution in [0.2, 0.25) is 0 Å². The summed E-state index contributed by atoms with van der Waals surface area (Å²) >= 11 is 0. The van der Waals surface area contributed by atoms with Gasteiger partial charge < -0.3 is 9.84 Å². The average Bonchev–Trinajstić information content (AvgIpc) is 2.89. The second kappa shape index (κ2) is 5.36. The maximum atomic E-state index is 12.3. The van der Waals surface area contributed by atoms with Gasteiger partial charge in [-0.25, -0.2) is 4.98 Å². The van der Waals surface area contributed by atoms with E-state index < -0.39 is 0 Å². The number of nitrogens with zero attached hydrogens (tertiary/aromatic N) is 2. The maximum Gasteiger partial charge on any atom is 0.259 e. The normalized spacial score (nSPS) is 10.8. The first-order valence-electron chi connectivity index (χ1n) is 6.81. The fourth-order valence-electron chi connectivity index (χ4n) is 2.29. The van der Waals surface area contributed by atoms with Crippen molar-refractivity contribution in [3.63, 3.8) is 0 Å². The minimum absolute atomic E-state index is 0.145. The van der Waals surface area contributed by atoms with E-state index in [1.54, 1.807) is 13.0 Å².